The normalized spacial score (nSPS) is 15.1. The number of hydrogen-bond donors (Lipinski definition) is 2. The van der Waals surface area contributed by atoms with Crippen LogP contribution >= 0.6 is 0 Å². The summed E-state index contributed by atoms with van der Waals surface area (Å²) in [7, 11) is 1.66. The van der Waals surface area contributed by atoms with Gasteiger partial charge in [0.25, 0.3) is 5.91 Å². The van der Waals surface area contributed by atoms with Gasteiger partial charge in [0.1, 0.15) is 0 Å². The molecule has 0 aliphatic carbocycles. The van der Waals surface area contributed by atoms with E-state index in [1.807, 2.05) is 65.6 Å². The van der Waals surface area contributed by atoms with Gasteiger partial charge in [-0.2, -0.15) is 5.10 Å². The number of rotatable bonds is 4. The van der Waals surface area contributed by atoms with Crippen LogP contribution in [0, 0.1) is 5.92 Å². The van der Waals surface area contributed by atoms with Crippen LogP contribution in [-0.4, -0.2) is 47.0 Å². The maximum absolute atomic E-state index is 12.7. The third-order valence-electron chi connectivity index (χ3n) is 5.49. The van der Waals surface area contributed by atoms with Gasteiger partial charge in [0, 0.05) is 37.0 Å². The maximum Gasteiger partial charge on any atom is 0.253 e. The number of aromatic amines is 1. The molecule has 6 nitrogen and oxygen atoms in total. The van der Waals surface area contributed by atoms with Crippen molar-refractivity contribution in [3.63, 3.8) is 0 Å². The lowest BCUT2D eigenvalue weighted by atomic mass is 9.95. The molecule has 2 N–H and O–H groups in total. The largest absolute Gasteiger partial charge is 0.359 e. The molecule has 1 fully saturated rings. The smallest absolute Gasteiger partial charge is 0.253 e. The van der Waals surface area contributed by atoms with Crippen molar-refractivity contribution in [3.05, 3.63) is 65.4 Å². The molecule has 1 aliphatic heterocycles. The first-order chi connectivity index (χ1) is 14.2. The first-order valence-electron chi connectivity index (χ1n) is 9.88. The fourth-order valence-corrected chi connectivity index (χ4v) is 3.76. The molecule has 0 bridgehead atoms. The molecule has 2 heterocycles. The molecular formula is C23H24N4O2. The first kappa shape index (κ1) is 18.9. The van der Waals surface area contributed by atoms with Gasteiger partial charge in [0.15, 0.2) is 0 Å². The van der Waals surface area contributed by atoms with Crippen molar-refractivity contribution in [3.8, 4) is 0 Å². The highest BCUT2D eigenvalue weighted by Gasteiger charge is 2.27. The number of carbonyl (C=O) groups is 2. The number of nitrogens with one attached hydrogen (secondary N) is 2. The molecule has 0 atom stereocenters. The Morgan fingerprint density at radius 2 is 1.79 bits per heavy atom. The van der Waals surface area contributed by atoms with Crippen LogP contribution in [0.2, 0.25) is 0 Å². The molecule has 3 aromatic rings. The predicted molar refractivity (Wildman–Crippen MR) is 114 cm³/mol. The number of H-pyrrole nitrogens is 1. The average Bonchev–Trinajstić information content (AvgIpc) is 3.20. The highest BCUT2D eigenvalue weighted by Crippen LogP contribution is 2.20. The number of carbonyl (C=O) groups excluding carboxylic acids is 2. The van der Waals surface area contributed by atoms with Crippen molar-refractivity contribution >= 4 is 34.9 Å². The molecule has 1 aromatic heterocycles. The van der Waals surface area contributed by atoms with Gasteiger partial charge in [-0.25, -0.2) is 0 Å². The zero-order chi connectivity index (χ0) is 20.2. The molecule has 2 amide bonds. The Morgan fingerprint density at radius 1 is 1.07 bits per heavy atom. The number of piperidine rings is 1. The number of nitrogens with zero attached hydrogens (tertiary/aromatic N) is 2. The molecular weight excluding hydrogens is 364 g/mol. The Morgan fingerprint density at radius 3 is 2.52 bits per heavy atom. The molecule has 0 spiro atoms. The van der Waals surface area contributed by atoms with Crippen LogP contribution in [0.5, 0.6) is 0 Å². The number of amides is 2. The van der Waals surface area contributed by atoms with Gasteiger partial charge in [-0.1, -0.05) is 36.4 Å². The zero-order valence-electron chi connectivity index (χ0n) is 16.4. The van der Waals surface area contributed by atoms with E-state index in [0.29, 0.717) is 31.5 Å². The number of hydrogen-bond acceptors (Lipinski definition) is 3. The third-order valence-corrected chi connectivity index (χ3v) is 5.49. The lowest BCUT2D eigenvalue weighted by Gasteiger charge is -2.31. The Kier molecular flexibility index (Phi) is 5.42. The molecule has 2 aromatic carbocycles. The van der Waals surface area contributed by atoms with Gasteiger partial charge in [-0.3, -0.25) is 14.7 Å². The van der Waals surface area contributed by atoms with Crippen molar-refractivity contribution in [2.45, 2.75) is 12.8 Å². The summed E-state index contributed by atoms with van der Waals surface area (Å²) in [5.41, 5.74) is 3.57. The van der Waals surface area contributed by atoms with Crippen LogP contribution < -0.4 is 5.32 Å². The fraction of sp³-hybridized carbons (Fsp3) is 0.261. The van der Waals surface area contributed by atoms with E-state index in [0.717, 1.165) is 22.2 Å². The Bertz CT molecular complexity index is 1040. The SMILES string of the molecule is CNC(=O)C1CCN(C(=O)c2ccc(C=Cc3n[nH]c4ccccc34)cc2)CC1. The monoisotopic (exact) mass is 388 g/mol. The van der Waals surface area contributed by atoms with E-state index in [1.54, 1.807) is 7.05 Å². The first-order valence-corrected chi connectivity index (χ1v) is 9.88. The number of benzene rings is 2. The number of para-hydroxylation sites is 1. The Hall–Kier alpha value is -3.41. The van der Waals surface area contributed by atoms with Crippen molar-refractivity contribution in [1.29, 1.82) is 0 Å². The van der Waals surface area contributed by atoms with Crippen LogP contribution in [0.4, 0.5) is 0 Å². The lowest BCUT2D eigenvalue weighted by Crippen LogP contribution is -2.42. The van der Waals surface area contributed by atoms with E-state index in [9.17, 15) is 9.59 Å². The minimum absolute atomic E-state index is 0.00897. The van der Waals surface area contributed by atoms with Gasteiger partial charge < -0.3 is 10.2 Å². The summed E-state index contributed by atoms with van der Waals surface area (Å²) in [6, 6.07) is 15.6. The van der Waals surface area contributed by atoms with Crippen LogP contribution in [0.3, 0.4) is 0 Å². The molecule has 29 heavy (non-hydrogen) atoms. The fourth-order valence-electron chi connectivity index (χ4n) is 3.76. The van der Waals surface area contributed by atoms with Crippen molar-refractivity contribution in [2.24, 2.45) is 5.92 Å². The van der Waals surface area contributed by atoms with E-state index in [-0.39, 0.29) is 17.7 Å². The predicted octanol–water partition coefficient (Wildman–Crippen LogP) is 3.33. The van der Waals surface area contributed by atoms with Crippen LogP contribution in [-0.2, 0) is 4.79 Å². The Balaban J connectivity index is 1.40. The van der Waals surface area contributed by atoms with Crippen molar-refractivity contribution in [1.82, 2.24) is 20.4 Å². The van der Waals surface area contributed by atoms with Gasteiger partial charge in [-0.15, -0.1) is 0 Å². The average molecular weight is 388 g/mol. The second-order valence-electron chi connectivity index (χ2n) is 7.29. The van der Waals surface area contributed by atoms with Gasteiger partial charge in [0.05, 0.1) is 11.2 Å². The molecule has 4 rings (SSSR count). The molecule has 1 saturated heterocycles. The summed E-state index contributed by atoms with van der Waals surface area (Å²) in [5, 5.41) is 11.1. The summed E-state index contributed by atoms with van der Waals surface area (Å²) in [6.45, 7) is 1.23. The van der Waals surface area contributed by atoms with Crippen LogP contribution in [0.1, 0.15) is 34.5 Å². The van der Waals surface area contributed by atoms with Crippen molar-refractivity contribution in [2.75, 3.05) is 20.1 Å². The van der Waals surface area contributed by atoms with Gasteiger partial charge in [0.2, 0.25) is 5.91 Å². The van der Waals surface area contributed by atoms with E-state index in [2.05, 4.69) is 15.5 Å². The zero-order valence-corrected chi connectivity index (χ0v) is 16.4. The van der Waals surface area contributed by atoms with Gasteiger partial charge >= 0.3 is 0 Å². The summed E-state index contributed by atoms with van der Waals surface area (Å²) in [4.78, 5) is 26.3. The second kappa shape index (κ2) is 8.31. The molecule has 148 valence electrons. The molecule has 0 radical (unpaired) electrons. The maximum atomic E-state index is 12.7. The van der Waals surface area contributed by atoms with E-state index in [1.165, 1.54) is 0 Å². The van der Waals surface area contributed by atoms with Crippen LogP contribution in [0.15, 0.2) is 48.5 Å². The highest BCUT2D eigenvalue weighted by molar-refractivity contribution is 5.95. The summed E-state index contributed by atoms with van der Waals surface area (Å²) < 4.78 is 0. The topological polar surface area (TPSA) is 78.1 Å². The van der Waals surface area contributed by atoms with Gasteiger partial charge in [-0.05, 0) is 42.7 Å². The quantitative estimate of drug-likeness (QED) is 0.720. The van der Waals surface area contributed by atoms with E-state index in [4.69, 9.17) is 0 Å². The molecule has 0 unspecified atom stereocenters. The second-order valence-corrected chi connectivity index (χ2v) is 7.29. The highest BCUT2D eigenvalue weighted by atomic mass is 16.2. The number of fused-ring (bicyclic) bond motifs is 1. The summed E-state index contributed by atoms with van der Waals surface area (Å²) in [6.07, 6.45) is 5.39. The summed E-state index contributed by atoms with van der Waals surface area (Å²) in [5.74, 6) is 0.0989. The third kappa shape index (κ3) is 4.06. The number of aromatic nitrogens is 2. The number of likely N-dealkylation sites (tertiary alicyclic amines) is 1. The summed E-state index contributed by atoms with van der Waals surface area (Å²) >= 11 is 0. The van der Waals surface area contributed by atoms with Crippen molar-refractivity contribution < 1.29 is 9.59 Å². The molecule has 1 aliphatic rings. The van der Waals surface area contributed by atoms with Crippen LogP contribution in [0.25, 0.3) is 23.1 Å². The standard InChI is InChI=1S/C23H24N4O2/c1-24-22(28)17-12-14-27(15-13-17)23(29)18-9-6-16(7-10-18)8-11-21-19-4-2-3-5-20(19)25-26-21/h2-11,17H,12-15H2,1H3,(H,24,28)(H,25,26). The van der Waals surface area contributed by atoms with E-state index < -0.39 is 0 Å². The molecule has 6 heteroatoms. The lowest BCUT2D eigenvalue weighted by molar-refractivity contribution is -0.125. The molecule has 0 saturated carbocycles. The Labute approximate surface area is 169 Å². The minimum Gasteiger partial charge on any atom is -0.359 e. The minimum atomic E-state index is 0.00897. The van der Waals surface area contributed by atoms with E-state index >= 15 is 0 Å².